The van der Waals surface area contributed by atoms with Crippen LogP contribution in [-0.4, -0.2) is 43.8 Å². The molecule has 1 aliphatic heterocycles. The third-order valence-electron chi connectivity index (χ3n) is 3.46. The minimum Gasteiger partial charge on any atom is -0.381 e. The number of carbonyl (C=O) groups is 1. The summed E-state index contributed by atoms with van der Waals surface area (Å²) in [6.07, 6.45) is 4.66. The van der Waals surface area contributed by atoms with E-state index in [1.807, 2.05) is 18.7 Å². The molecule has 0 unspecified atom stereocenters. The molecular formula is C13H26N2O2. The highest BCUT2D eigenvalue weighted by Crippen LogP contribution is 2.19. The van der Waals surface area contributed by atoms with Gasteiger partial charge in [-0.2, -0.15) is 0 Å². The molecule has 0 aromatic carbocycles. The number of amides is 2. The maximum atomic E-state index is 11.7. The van der Waals surface area contributed by atoms with Gasteiger partial charge in [-0.15, -0.1) is 0 Å². The van der Waals surface area contributed by atoms with E-state index in [2.05, 4.69) is 5.32 Å². The van der Waals surface area contributed by atoms with Gasteiger partial charge < -0.3 is 15.0 Å². The summed E-state index contributed by atoms with van der Waals surface area (Å²) < 4.78 is 5.33. The molecule has 1 aliphatic rings. The molecule has 0 aromatic rings. The normalized spacial score (nSPS) is 16.8. The van der Waals surface area contributed by atoms with Gasteiger partial charge in [0.1, 0.15) is 0 Å². The van der Waals surface area contributed by atoms with Gasteiger partial charge in [0.15, 0.2) is 0 Å². The van der Waals surface area contributed by atoms with Crippen LogP contribution in [0.15, 0.2) is 0 Å². The van der Waals surface area contributed by atoms with Crippen LogP contribution in [0.4, 0.5) is 4.79 Å². The Morgan fingerprint density at radius 3 is 2.53 bits per heavy atom. The number of urea groups is 1. The molecule has 100 valence electrons. The van der Waals surface area contributed by atoms with Gasteiger partial charge in [-0.25, -0.2) is 4.79 Å². The molecule has 1 fully saturated rings. The molecule has 1 heterocycles. The number of hydrogen-bond acceptors (Lipinski definition) is 2. The fourth-order valence-corrected chi connectivity index (χ4v) is 2.24. The average Bonchev–Trinajstić information content (AvgIpc) is 2.37. The quantitative estimate of drug-likeness (QED) is 0.726. The lowest BCUT2D eigenvalue weighted by atomic mass is 9.95. The van der Waals surface area contributed by atoms with Gasteiger partial charge in [-0.3, -0.25) is 0 Å². The highest BCUT2D eigenvalue weighted by Gasteiger charge is 2.13. The first-order chi connectivity index (χ1) is 8.27. The summed E-state index contributed by atoms with van der Waals surface area (Å²) in [6.45, 7) is 8.19. The molecule has 0 spiro atoms. The molecular weight excluding hydrogens is 216 g/mol. The van der Waals surface area contributed by atoms with E-state index in [0.717, 1.165) is 45.2 Å². The first kappa shape index (κ1) is 14.3. The Morgan fingerprint density at radius 1 is 1.29 bits per heavy atom. The van der Waals surface area contributed by atoms with E-state index in [9.17, 15) is 4.79 Å². The Morgan fingerprint density at radius 2 is 1.94 bits per heavy atom. The number of hydrogen-bond donors (Lipinski definition) is 1. The van der Waals surface area contributed by atoms with Crippen LogP contribution in [0.2, 0.25) is 0 Å². The van der Waals surface area contributed by atoms with Gasteiger partial charge in [0.05, 0.1) is 0 Å². The third-order valence-corrected chi connectivity index (χ3v) is 3.46. The summed E-state index contributed by atoms with van der Waals surface area (Å²) in [7, 11) is 0. The first-order valence-electron chi connectivity index (χ1n) is 6.88. The Balaban J connectivity index is 2.04. The van der Waals surface area contributed by atoms with Crippen molar-refractivity contribution in [1.82, 2.24) is 10.2 Å². The van der Waals surface area contributed by atoms with Crippen molar-refractivity contribution in [2.24, 2.45) is 5.92 Å². The Bertz CT molecular complexity index is 211. The smallest absolute Gasteiger partial charge is 0.317 e. The molecule has 0 aliphatic carbocycles. The summed E-state index contributed by atoms with van der Waals surface area (Å²) in [5, 5.41) is 2.98. The second-order valence-electron chi connectivity index (χ2n) is 4.60. The van der Waals surface area contributed by atoms with Crippen LogP contribution in [0.25, 0.3) is 0 Å². The Kier molecular flexibility index (Phi) is 7.01. The lowest BCUT2D eigenvalue weighted by molar-refractivity contribution is 0.0633. The summed E-state index contributed by atoms with van der Waals surface area (Å²) in [5.41, 5.74) is 0. The first-order valence-corrected chi connectivity index (χ1v) is 6.88. The summed E-state index contributed by atoms with van der Waals surface area (Å²) in [4.78, 5) is 13.5. The van der Waals surface area contributed by atoms with Crippen LogP contribution in [0, 0.1) is 5.92 Å². The largest absolute Gasteiger partial charge is 0.381 e. The van der Waals surface area contributed by atoms with E-state index in [0.29, 0.717) is 0 Å². The summed E-state index contributed by atoms with van der Waals surface area (Å²) in [6, 6.07) is 0.0713. The van der Waals surface area contributed by atoms with Gasteiger partial charge in [0.2, 0.25) is 0 Å². The van der Waals surface area contributed by atoms with Crippen LogP contribution in [-0.2, 0) is 4.74 Å². The zero-order valence-electron chi connectivity index (χ0n) is 11.2. The molecule has 1 N–H and O–H groups in total. The second-order valence-corrected chi connectivity index (χ2v) is 4.60. The molecule has 4 heteroatoms. The second kappa shape index (κ2) is 8.34. The molecule has 4 nitrogen and oxygen atoms in total. The van der Waals surface area contributed by atoms with Gasteiger partial charge in [-0.05, 0) is 45.4 Å². The zero-order valence-corrected chi connectivity index (χ0v) is 11.2. The lowest BCUT2D eigenvalue weighted by Gasteiger charge is -2.22. The van der Waals surface area contributed by atoms with E-state index >= 15 is 0 Å². The van der Waals surface area contributed by atoms with Crippen molar-refractivity contribution in [2.45, 2.75) is 39.5 Å². The molecule has 17 heavy (non-hydrogen) atoms. The molecule has 1 saturated heterocycles. The highest BCUT2D eigenvalue weighted by atomic mass is 16.5. The monoisotopic (exact) mass is 242 g/mol. The van der Waals surface area contributed by atoms with Crippen LogP contribution < -0.4 is 5.32 Å². The van der Waals surface area contributed by atoms with E-state index in [4.69, 9.17) is 4.74 Å². The average molecular weight is 242 g/mol. The number of rotatable bonds is 6. The van der Waals surface area contributed by atoms with E-state index in [-0.39, 0.29) is 6.03 Å². The van der Waals surface area contributed by atoms with E-state index < -0.39 is 0 Å². The molecule has 2 amide bonds. The number of carbonyl (C=O) groups excluding carboxylic acids is 1. The summed E-state index contributed by atoms with van der Waals surface area (Å²) in [5.74, 6) is 0.800. The molecule has 0 atom stereocenters. The van der Waals surface area contributed by atoms with E-state index in [1.54, 1.807) is 0 Å². The van der Waals surface area contributed by atoms with Crippen LogP contribution in [0.1, 0.15) is 39.5 Å². The van der Waals surface area contributed by atoms with Crippen LogP contribution >= 0.6 is 0 Å². The van der Waals surface area contributed by atoms with Crippen molar-refractivity contribution in [1.29, 1.82) is 0 Å². The van der Waals surface area contributed by atoms with Crippen molar-refractivity contribution in [2.75, 3.05) is 32.8 Å². The number of ether oxygens (including phenoxy) is 1. The maximum Gasteiger partial charge on any atom is 0.317 e. The van der Waals surface area contributed by atoms with Crippen molar-refractivity contribution >= 4 is 6.03 Å². The zero-order chi connectivity index (χ0) is 12.5. The van der Waals surface area contributed by atoms with Crippen molar-refractivity contribution in [3.8, 4) is 0 Å². The standard InChI is InChI=1S/C13H26N2O2/c1-3-15(4-2)13(16)14-9-5-6-12-7-10-17-11-8-12/h12H,3-11H2,1-2H3,(H,14,16). The van der Waals surface area contributed by atoms with Gasteiger partial charge >= 0.3 is 6.03 Å². The van der Waals surface area contributed by atoms with Gasteiger partial charge in [0.25, 0.3) is 0 Å². The maximum absolute atomic E-state index is 11.7. The highest BCUT2D eigenvalue weighted by molar-refractivity contribution is 5.73. The molecule has 0 saturated carbocycles. The number of nitrogens with zero attached hydrogens (tertiary/aromatic N) is 1. The minimum absolute atomic E-state index is 0.0713. The summed E-state index contributed by atoms with van der Waals surface area (Å²) >= 11 is 0. The Labute approximate surface area is 105 Å². The molecule has 1 rings (SSSR count). The topological polar surface area (TPSA) is 41.6 Å². The van der Waals surface area contributed by atoms with Crippen LogP contribution in [0.3, 0.4) is 0 Å². The predicted octanol–water partition coefficient (Wildman–Crippen LogP) is 2.24. The fourth-order valence-electron chi connectivity index (χ4n) is 2.24. The fraction of sp³-hybridized carbons (Fsp3) is 0.923. The number of nitrogens with one attached hydrogen (secondary N) is 1. The van der Waals surface area contributed by atoms with E-state index in [1.165, 1.54) is 19.3 Å². The van der Waals surface area contributed by atoms with Crippen molar-refractivity contribution in [3.63, 3.8) is 0 Å². The van der Waals surface area contributed by atoms with Gasteiger partial charge in [0, 0.05) is 32.8 Å². The minimum atomic E-state index is 0.0713. The molecule has 0 bridgehead atoms. The Hall–Kier alpha value is -0.770. The molecule has 0 aromatic heterocycles. The molecule has 0 radical (unpaired) electrons. The van der Waals surface area contributed by atoms with Crippen molar-refractivity contribution in [3.05, 3.63) is 0 Å². The third kappa shape index (κ3) is 5.39. The lowest BCUT2D eigenvalue weighted by Crippen LogP contribution is -2.40. The van der Waals surface area contributed by atoms with Crippen LogP contribution in [0.5, 0.6) is 0 Å². The van der Waals surface area contributed by atoms with Gasteiger partial charge in [-0.1, -0.05) is 0 Å². The van der Waals surface area contributed by atoms with Crippen molar-refractivity contribution < 1.29 is 9.53 Å². The SMILES string of the molecule is CCN(CC)C(=O)NCCCC1CCOCC1. The predicted molar refractivity (Wildman–Crippen MR) is 69.1 cm³/mol.